The van der Waals surface area contributed by atoms with E-state index in [0.29, 0.717) is 52.5 Å². The third-order valence-electron chi connectivity index (χ3n) is 7.38. The summed E-state index contributed by atoms with van der Waals surface area (Å²) in [6.07, 6.45) is -2.72. The minimum Gasteiger partial charge on any atom is -0.444 e. The van der Waals surface area contributed by atoms with E-state index in [0.717, 1.165) is 18.4 Å². The van der Waals surface area contributed by atoms with Crippen LogP contribution >= 0.6 is 0 Å². The SMILES string of the molecule is Cc1ccc2c(NC[C@H](O)C(F)(F)F)cccc2c1Oc1ncccc1-c1ccnc(NC2CCCN(C(=O)OC(C)(C)C)C2)n1. The Hall–Kier alpha value is -4.65. The molecule has 244 valence electrons. The highest BCUT2D eigenvalue weighted by Gasteiger charge is 2.38. The van der Waals surface area contributed by atoms with Crippen molar-refractivity contribution in [3.05, 3.63) is 66.5 Å². The molecule has 2 aromatic carbocycles. The van der Waals surface area contributed by atoms with Crippen LogP contribution in [0.15, 0.2) is 60.9 Å². The van der Waals surface area contributed by atoms with E-state index in [2.05, 4.69) is 20.6 Å². The summed E-state index contributed by atoms with van der Waals surface area (Å²) in [5, 5.41) is 16.8. The maximum atomic E-state index is 12.9. The second-order valence-electron chi connectivity index (χ2n) is 12.2. The van der Waals surface area contributed by atoms with Gasteiger partial charge in [-0.1, -0.05) is 24.3 Å². The largest absolute Gasteiger partial charge is 0.444 e. The lowest BCUT2D eigenvalue weighted by molar-refractivity contribution is -0.198. The number of piperidine rings is 1. The maximum Gasteiger partial charge on any atom is 0.416 e. The summed E-state index contributed by atoms with van der Waals surface area (Å²) in [6.45, 7) is 7.76. The van der Waals surface area contributed by atoms with Gasteiger partial charge in [-0.15, -0.1) is 0 Å². The van der Waals surface area contributed by atoms with Crippen molar-refractivity contribution in [3.63, 3.8) is 0 Å². The molecular weight excluding hydrogens is 601 g/mol. The number of amides is 1. The number of ether oxygens (including phenoxy) is 2. The minimum absolute atomic E-state index is 0.0699. The van der Waals surface area contributed by atoms with Crippen LogP contribution in [0.1, 0.15) is 39.2 Å². The molecule has 0 spiro atoms. The molecule has 1 saturated heterocycles. The number of nitrogens with one attached hydrogen (secondary N) is 2. The summed E-state index contributed by atoms with van der Waals surface area (Å²) < 4.78 is 50.6. The number of benzene rings is 2. The molecule has 3 N–H and O–H groups in total. The number of hydrogen-bond acceptors (Lipinski definition) is 9. The number of pyridine rings is 1. The number of aliphatic hydroxyl groups is 1. The van der Waals surface area contributed by atoms with Crippen LogP contribution in [0.5, 0.6) is 11.6 Å². The van der Waals surface area contributed by atoms with Crippen LogP contribution < -0.4 is 15.4 Å². The highest BCUT2D eigenvalue weighted by Crippen LogP contribution is 2.39. The standard InChI is InChI=1S/C33H37F3N6O4/c1-20-12-13-22-23(9-5-11-25(22)39-18-27(43)33(34,35)36)28(20)45-29-24(10-6-15-37-29)26-14-16-38-30(41-26)40-21-8-7-17-42(19-21)31(44)46-32(2,3)4/h5-6,9-16,21,27,39,43H,7-8,17-19H2,1-4H3,(H,38,40,41)/t21?,27-/m0/s1. The van der Waals surface area contributed by atoms with E-state index in [1.807, 2.05) is 45.9 Å². The fourth-order valence-electron chi connectivity index (χ4n) is 5.16. The van der Waals surface area contributed by atoms with Gasteiger partial charge in [0.15, 0.2) is 6.10 Å². The number of alkyl halides is 3. The number of nitrogens with zero attached hydrogens (tertiary/aromatic N) is 4. The summed E-state index contributed by atoms with van der Waals surface area (Å²) in [4.78, 5) is 27.9. The zero-order valence-corrected chi connectivity index (χ0v) is 26.1. The summed E-state index contributed by atoms with van der Waals surface area (Å²) in [6, 6.07) is 14.0. The van der Waals surface area contributed by atoms with Gasteiger partial charge in [-0.2, -0.15) is 13.2 Å². The predicted molar refractivity (Wildman–Crippen MR) is 169 cm³/mol. The van der Waals surface area contributed by atoms with Crippen LogP contribution in [0.2, 0.25) is 0 Å². The first kappa shape index (κ1) is 32.7. The lowest BCUT2D eigenvalue weighted by Gasteiger charge is -2.34. The first-order valence-corrected chi connectivity index (χ1v) is 15.0. The van der Waals surface area contributed by atoms with Gasteiger partial charge < -0.3 is 30.1 Å². The summed E-state index contributed by atoms with van der Waals surface area (Å²) in [7, 11) is 0. The van der Waals surface area contributed by atoms with Crippen LogP contribution in [0.4, 0.5) is 29.6 Å². The first-order chi connectivity index (χ1) is 21.8. The normalized spacial score (nSPS) is 16.2. The molecule has 1 aliphatic heterocycles. The number of carbonyl (C=O) groups is 1. The Balaban J connectivity index is 1.37. The fraction of sp³-hybridized carbons (Fsp3) is 0.394. The monoisotopic (exact) mass is 638 g/mol. The van der Waals surface area contributed by atoms with E-state index in [1.165, 1.54) is 0 Å². The molecule has 3 heterocycles. The van der Waals surface area contributed by atoms with Gasteiger partial charge in [0.25, 0.3) is 0 Å². The third kappa shape index (κ3) is 7.94. The van der Waals surface area contributed by atoms with Crippen molar-refractivity contribution in [1.29, 1.82) is 0 Å². The molecule has 10 nitrogen and oxygen atoms in total. The van der Waals surface area contributed by atoms with Crippen molar-refractivity contribution in [3.8, 4) is 22.9 Å². The van der Waals surface area contributed by atoms with Crippen LogP contribution in [0, 0.1) is 6.92 Å². The number of aliphatic hydroxyl groups excluding tert-OH is 1. The van der Waals surface area contributed by atoms with Gasteiger partial charge in [0, 0.05) is 54.5 Å². The zero-order valence-electron chi connectivity index (χ0n) is 26.1. The number of rotatable bonds is 8. The lowest BCUT2D eigenvalue weighted by atomic mass is 10.0. The van der Waals surface area contributed by atoms with Gasteiger partial charge in [0.2, 0.25) is 11.8 Å². The zero-order chi connectivity index (χ0) is 33.1. The van der Waals surface area contributed by atoms with Crippen molar-refractivity contribution in [1.82, 2.24) is 19.9 Å². The average molecular weight is 639 g/mol. The van der Waals surface area contributed by atoms with Crippen molar-refractivity contribution in [2.24, 2.45) is 0 Å². The smallest absolute Gasteiger partial charge is 0.416 e. The third-order valence-corrected chi connectivity index (χ3v) is 7.38. The molecule has 1 fully saturated rings. The van der Waals surface area contributed by atoms with Crippen molar-refractivity contribution in [2.45, 2.75) is 64.5 Å². The van der Waals surface area contributed by atoms with E-state index in [4.69, 9.17) is 14.5 Å². The molecule has 5 rings (SSSR count). The average Bonchev–Trinajstić information content (AvgIpc) is 3.00. The fourth-order valence-corrected chi connectivity index (χ4v) is 5.16. The van der Waals surface area contributed by atoms with Crippen LogP contribution in [-0.2, 0) is 4.74 Å². The highest BCUT2D eigenvalue weighted by molar-refractivity contribution is 5.98. The van der Waals surface area contributed by atoms with E-state index < -0.39 is 24.4 Å². The molecule has 0 aliphatic carbocycles. The number of fused-ring (bicyclic) bond motifs is 1. The lowest BCUT2D eigenvalue weighted by Crippen LogP contribution is -2.47. The Labute approximate surface area is 265 Å². The van der Waals surface area contributed by atoms with Gasteiger partial charge in [0.05, 0.1) is 11.3 Å². The van der Waals surface area contributed by atoms with Gasteiger partial charge >= 0.3 is 12.3 Å². The maximum absolute atomic E-state index is 12.9. The molecule has 13 heteroatoms. The van der Waals surface area contributed by atoms with E-state index in [-0.39, 0.29) is 18.0 Å². The molecule has 1 amide bonds. The Morgan fingerprint density at radius 2 is 1.87 bits per heavy atom. The van der Waals surface area contributed by atoms with Crippen molar-refractivity contribution < 1.29 is 32.5 Å². The van der Waals surface area contributed by atoms with Gasteiger partial charge in [-0.05, 0) is 70.4 Å². The number of hydrogen-bond donors (Lipinski definition) is 3. The molecule has 2 aromatic heterocycles. The minimum atomic E-state index is -4.73. The molecular formula is C33H37F3N6O4. The van der Waals surface area contributed by atoms with Crippen LogP contribution in [0.25, 0.3) is 22.0 Å². The molecule has 1 aliphatic rings. The first-order valence-electron chi connectivity index (χ1n) is 15.0. The molecule has 0 saturated carbocycles. The molecule has 1 unspecified atom stereocenters. The number of halogens is 3. The molecule has 0 bridgehead atoms. The molecule has 4 aromatic rings. The Bertz CT molecular complexity index is 1690. The quantitative estimate of drug-likeness (QED) is 0.188. The predicted octanol–water partition coefficient (Wildman–Crippen LogP) is 6.94. The number of anilines is 2. The Morgan fingerprint density at radius 3 is 2.63 bits per heavy atom. The number of aromatic nitrogens is 3. The summed E-state index contributed by atoms with van der Waals surface area (Å²) in [5.41, 5.74) is 1.79. The molecule has 2 atom stereocenters. The van der Waals surface area contributed by atoms with Crippen molar-refractivity contribution >= 4 is 28.5 Å². The Kier molecular flexibility index (Phi) is 9.52. The van der Waals surface area contributed by atoms with E-state index in [9.17, 15) is 23.1 Å². The highest BCUT2D eigenvalue weighted by atomic mass is 19.4. The van der Waals surface area contributed by atoms with Gasteiger partial charge in [-0.25, -0.2) is 19.7 Å². The topological polar surface area (TPSA) is 122 Å². The summed E-state index contributed by atoms with van der Waals surface area (Å²) >= 11 is 0. The molecule has 0 radical (unpaired) electrons. The van der Waals surface area contributed by atoms with Crippen LogP contribution in [0.3, 0.4) is 0 Å². The number of carbonyl (C=O) groups excluding carboxylic acids is 1. The second-order valence-corrected chi connectivity index (χ2v) is 12.2. The van der Waals surface area contributed by atoms with Crippen LogP contribution in [-0.4, -0.2) is 74.6 Å². The second kappa shape index (κ2) is 13.4. The van der Waals surface area contributed by atoms with Crippen molar-refractivity contribution in [2.75, 3.05) is 30.3 Å². The number of likely N-dealkylation sites (tertiary alicyclic amines) is 1. The van der Waals surface area contributed by atoms with E-state index in [1.54, 1.807) is 47.6 Å². The van der Waals surface area contributed by atoms with Gasteiger partial charge in [0.1, 0.15) is 11.4 Å². The van der Waals surface area contributed by atoms with Gasteiger partial charge in [-0.3, -0.25) is 0 Å². The van der Waals surface area contributed by atoms with E-state index >= 15 is 0 Å². The Morgan fingerprint density at radius 1 is 1.07 bits per heavy atom. The summed E-state index contributed by atoms with van der Waals surface area (Å²) in [5.74, 6) is 1.15. The number of aryl methyl sites for hydroxylation is 1. The molecule has 46 heavy (non-hydrogen) atoms.